The molecular weight excluding hydrogens is 245 g/mol. The number of hydrogen-bond acceptors (Lipinski definition) is 4. The number of thioether (sulfide) groups is 2. The largest absolute Gasteiger partial charge is 0.446 e. The number of nitrogens with two attached hydrogens (primary N) is 1. The van der Waals surface area contributed by atoms with E-state index in [0.717, 1.165) is 4.90 Å². The van der Waals surface area contributed by atoms with Crippen LogP contribution in [-0.2, 0) is 0 Å². The molecule has 2 nitrogen and oxygen atoms in total. The summed E-state index contributed by atoms with van der Waals surface area (Å²) >= 11 is 1.21. The standard InChI is InChI=1S/C8H9F3N2S2/c1-14-6-2-5(13-12)3-7(4-6)15-8(9,10)11/h2-4,13H,12H2,1H3. The molecule has 0 fully saturated rings. The summed E-state index contributed by atoms with van der Waals surface area (Å²) in [5, 5.41) is 0. The molecule has 0 saturated heterocycles. The van der Waals surface area contributed by atoms with Crippen LogP contribution in [0.15, 0.2) is 28.0 Å². The zero-order valence-corrected chi connectivity index (χ0v) is 9.39. The molecule has 0 aliphatic rings. The van der Waals surface area contributed by atoms with Gasteiger partial charge >= 0.3 is 5.51 Å². The highest BCUT2D eigenvalue weighted by Gasteiger charge is 2.29. The first-order valence-electron chi connectivity index (χ1n) is 3.86. The van der Waals surface area contributed by atoms with Crippen molar-refractivity contribution in [3.05, 3.63) is 18.2 Å². The fourth-order valence-corrected chi connectivity index (χ4v) is 2.17. The Bertz CT molecular complexity index is 319. The van der Waals surface area contributed by atoms with Crippen LogP contribution in [0.5, 0.6) is 0 Å². The van der Waals surface area contributed by atoms with Crippen LogP contribution >= 0.6 is 23.5 Å². The van der Waals surface area contributed by atoms with Crippen molar-refractivity contribution in [2.45, 2.75) is 15.3 Å². The van der Waals surface area contributed by atoms with E-state index in [0.29, 0.717) is 5.69 Å². The fourth-order valence-electron chi connectivity index (χ4n) is 0.965. The highest BCUT2D eigenvalue weighted by atomic mass is 32.2. The zero-order valence-electron chi connectivity index (χ0n) is 7.76. The Morgan fingerprint density at radius 1 is 1.20 bits per heavy atom. The lowest BCUT2D eigenvalue weighted by Gasteiger charge is -2.09. The van der Waals surface area contributed by atoms with Crippen LogP contribution in [0.1, 0.15) is 0 Å². The summed E-state index contributed by atoms with van der Waals surface area (Å²) in [6, 6.07) is 4.52. The molecule has 1 aromatic carbocycles. The molecule has 0 aromatic heterocycles. The van der Waals surface area contributed by atoms with E-state index in [2.05, 4.69) is 5.43 Å². The van der Waals surface area contributed by atoms with Gasteiger partial charge in [0, 0.05) is 9.79 Å². The lowest BCUT2D eigenvalue weighted by molar-refractivity contribution is -0.0328. The van der Waals surface area contributed by atoms with Crippen molar-refractivity contribution >= 4 is 29.2 Å². The molecule has 0 unspecified atom stereocenters. The topological polar surface area (TPSA) is 38.0 Å². The second kappa shape index (κ2) is 5.00. The molecule has 3 N–H and O–H groups in total. The summed E-state index contributed by atoms with van der Waals surface area (Å²) in [5.41, 5.74) is -1.47. The number of halogens is 3. The summed E-state index contributed by atoms with van der Waals surface area (Å²) < 4.78 is 36.4. The molecule has 0 radical (unpaired) electrons. The van der Waals surface area contributed by atoms with Gasteiger partial charge in [0.25, 0.3) is 0 Å². The molecule has 0 saturated carbocycles. The van der Waals surface area contributed by atoms with Crippen LogP contribution in [0.25, 0.3) is 0 Å². The Kier molecular flexibility index (Phi) is 4.18. The van der Waals surface area contributed by atoms with Crippen molar-refractivity contribution in [2.24, 2.45) is 5.84 Å². The van der Waals surface area contributed by atoms with Crippen LogP contribution in [0.4, 0.5) is 18.9 Å². The second-order valence-electron chi connectivity index (χ2n) is 2.59. The van der Waals surface area contributed by atoms with E-state index in [1.165, 1.54) is 23.9 Å². The van der Waals surface area contributed by atoms with Crippen molar-refractivity contribution < 1.29 is 13.2 Å². The summed E-state index contributed by atoms with van der Waals surface area (Å²) in [6.07, 6.45) is 1.79. The number of benzene rings is 1. The number of hydrogen-bond donors (Lipinski definition) is 2. The van der Waals surface area contributed by atoms with Crippen LogP contribution in [-0.4, -0.2) is 11.8 Å². The Balaban J connectivity index is 2.97. The smallest absolute Gasteiger partial charge is 0.324 e. The Morgan fingerprint density at radius 3 is 2.27 bits per heavy atom. The summed E-state index contributed by atoms with van der Waals surface area (Å²) in [7, 11) is 0. The first-order valence-corrected chi connectivity index (χ1v) is 5.90. The normalized spacial score (nSPS) is 11.5. The third kappa shape index (κ3) is 4.23. The van der Waals surface area contributed by atoms with E-state index in [1.54, 1.807) is 12.3 Å². The first kappa shape index (κ1) is 12.5. The van der Waals surface area contributed by atoms with E-state index in [-0.39, 0.29) is 16.7 Å². The molecule has 7 heteroatoms. The van der Waals surface area contributed by atoms with Gasteiger partial charge in [-0.3, -0.25) is 5.84 Å². The number of nitrogens with one attached hydrogen (secondary N) is 1. The maximum atomic E-state index is 12.1. The molecule has 0 aliphatic heterocycles. The number of alkyl halides is 3. The maximum Gasteiger partial charge on any atom is 0.446 e. The molecule has 84 valence electrons. The van der Waals surface area contributed by atoms with Crippen LogP contribution in [0.2, 0.25) is 0 Å². The van der Waals surface area contributed by atoms with Crippen molar-refractivity contribution in [3.63, 3.8) is 0 Å². The Hall–Kier alpha value is -0.530. The lowest BCUT2D eigenvalue weighted by Crippen LogP contribution is -2.07. The second-order valence-corrected chi connectivity index (χ2v) is 4.61. The Morgan fingerprint density at radius 2 is 1.80 bits per heavy atom. The third-order valence-electron chi connectivity index (χ3n) is 1.52. The summed E-state index contributed by atoms with van der Waals surface area (Å²) in [4.78, 5) is 0.861. The molecule has 15 heavy (non-hydrogen) atoms. The minimum atomic E-state index is -4.27. The molecule has 0 atom stereocenters. The number of nitrogen functional groups attached to an aromatic ring is 1. The molecule has 1 aromatic rings. The van der Waals surface area contributed by atoms with Gasteiger partial charge in [0.05, 0.1) is 5.69 Å². The zero-order chi connectivity index (χ0) is 11.5. The van der Waals surface area contributed by atoms with Gasteiger partial charge in [-0.25, -0.2) is 0 Å². The predicted octanol–water partition coefficient (Wildman–Crippen LogP) is 3.31. The fraction of sp³-hybridized carbons (Fsp3) is 0.250. The monoisotopic (exact) mass is 254 g/mol. The average Bonchev–Trinajstić information content (AvgIpc) is 2.14. The van der Waals surface area contributed by atoms with Gasteiger partial charge in [-0.05, 0) is 36.2 Å². The van der Waals surface area contributed by atoms with Gasteiger partial charge in [0.15, 0.2) is 0 Å². The minimum Gasteiger partial charge on any atom is -0.324 e. The molecule has 0 aliphatic carbocycles. The quantitative estimate of drug-likeness (QED) is 0.493. The average molecular weight is 254 g/mol. The van der Waals surface area contributed by atoms with Crippen LogP contribution in [0, 0.1) is 0 Å². The number of hydrazine groups is 1. The number of rotatable bonds is 3. The SMILES string of the molecule is CSc1cc(NN)cc(SC(F)(F)F)c1. The van der Waals surface area contributed by atoms with Crippen molar-refractivity contribution in [3.8, 4) is 0 Å². The molecule has 0 spiro atoms. The van der Waals surface area contributed by atoms with E-state index in [4.69, 9.17) is 5.84 Å². The van der Waals surface area contributed by atoms with Gasteiger partial charge in [0.2, 0.25) is 0 Å². The van der Waals surface area contributed by atoms with Crippen molar-refractivity contribution in [2.75, 3.05) is 11.7 Å². The van der Waals surface area contributed by atoms with Gasteiger partial charge in [-0.15, -0.1) is 11.8 Å². The lowest BCUT2D eigenvalue weighted by atomic mass is 10.3. The van der Waals surface area contributed by atoms with Crippen molar-refractivity contribution in [1.82, 2.24) is 0 Å². The molecule has 0 amide bonds. The summed E-state index contributed by atoms with van der Waals surface area (Å²) in [6.45, 7) is 0. The van der Waals surface area contributed by atoms with E-state index < -0.39 is 5.51 Å². The van der Waals surface area contributed by atoms with Gasteiger partial charge in [-0.2, -0.15) is 13.2 Å². The van der Waals surface area contributed by atoms with Crippen LogP contribution < -0.4 is 11.3 Å². The van der Waals surface area contributed by atoms with E-state index in [1.807, 2.05) is 0 Å². The van der Waals surface area contributed by atoms with Gasteiger partial charge < -0.3 is 5.43 Å². The molecule has 1 rings (SSSR count). The maximum absolute atomic E-state index is 12.1. The first-order chi connectivity index (χ1) is 6.94. The third-order valence-corrected chi connectivity index (χ3v) is 2.93. The van der Waals surface area contributed by atoms with Gasteiger partial charge in [0.1, 0.15) is 0 Å². The molecule has 0 heterocycles. The van der Waals surface area contributed by atoms with E-state index in [9.17, 15) is 13.2 Å². The summed E-state index contributed by atoms with van der Waals surface area (Å²) in [5.74, 6) is 5.16. The minimum absolute atomic E-state index is 0.127. The number of anilines is 1. The highest BCUT2D eigenvalue weighted by Crippen LogP contribution is 2.39. The van der Waals surface area contributed by atoms with Gasteiger partial charge in [-0.1, -0.05) is 0 Å². The van der Waals surface area contributed by atoms with Crippen molar-refractivity contribution in [1.29, 1.82) is 0 Å². The van der Waals surface area contributed by atoms with Crippen LogP contribution in [0.3, 0.4) is 0 Å². The molecule has 0 bridgehead atoms. The molecular formula is C8H9F3N2S2. The van der Waals surface area contributed by atoms with E-state index >= 15 is 0 Å². The highest BCUT2D eigenvalue weighted by molar-refractivity contribution is 8.00. The Labute approximate surface area is 93.8 Å². The predicted molar refractivity (Wildman–Crippen MR) is 57.9 cm³/mol.